The topological polar surface area (TPSA) is 55.3 Å². The van der Waals surface area contributed by atoms with Crippen molar-refractivity contribution in [2.24, 2.45) is 0 Å². The van der Waals surface area contributed by atoms with Crippen LogP contribution in [0.25, 0.3) is 10.2 Å². The molecule has 0 amide bonds. The molecule has 6 heteroatoms. The molecule has 132 valence electrons. The molecule has 25 heavy (non-hydrogen) atoms. The predicted octanol–water partition coefficient (Wildman–Crippen LogP) is 3.59. The summed E-state index contributed by atoms with van der Waals surface area (Å²) >= 11 is 1.85. The van der Waals surface area contributed by atoms with Gasteiger partial charge in [0.25, 0.3) is 0 Å². The van der Waals surface area contributed by atoms with Crippen LogP contribution in [0.4, 0.5) is 5.82 Å². The number of carbonyl (C=O) groups excluding carboxylic acids is 1. The second kappa shape index (κ2) is 5.94. The number of fused-ring (bicyclic) bond motifs is 3. The number of methoxy groups -OCH3 is 1. The van der Waals surface area contributed by atoms with Gasteiger partial charge in [0, 0.05) is 17.3 Å². The maximum absolute atomic E-state index is 12.3. The van der Waals surface area contributed by atoms with Gasteiger partial charge >= 0.3 is 5.97 Å². The van der Waals surface area contributed by atoms with E-state index < -0.39 is 0 Å². The minimum Gasteiger partial charge on any atom is -0.467 e. The van der Waals surface area contributed by atoms with Crippen molar-refractivity contribution in [2.75, 3.05) is 18.6 Å². The van der Waals surface area contributed by atoms with E-state index in [9.17, 15) is 4.79 Å². The summed E-state index contributed by atoms with van der Waals surface area (Å²) < 4.78 is 5.06. The Balaban J connectivity index is 1.69. The number of aromatic nitrogens is 2. The Kier molecular flexibility index (Phi) is 3.69. The molecule has 0 aromatic carbocycles. The summed E-state index contributed by atoms with van der Waals surface area (Å²) in [5, 5.41) is 1.22. The number of hydrogen-bond acceptors (Lipinski definition) is 6. The molecule has 5 nitrogen and oxygen atoms in total. The van der Waals surface area contributed by atoms with Gasteiger partial charge in [-0.25, -0.2) is 14.8 Å². The zero-order valence-corrected chi connectivity index (χ0v) is 15.4. The molecule has 2 aliphatic carbocycles. The van der Waals surface area contributed by atoms with Crippen molar-refractivity contribution in [3.05, 3.63) is 16.3 Å². The Morgan fingerprint density at radius 3 is 2.80 bits per heavy atom. The smallest absolute Gasteiger partial charge is 0.328 e. The van der Waals surface area contributed by atoms with Gasteiger partial charge in [-0.3, -0.25) is 0 Å². The van der Waals surface area contributed by atoms with Gasteiger partial charge in [0.15, 0.2) is 0 Å². The third-order valence-electron chi connectivity index (χ3n) is 5.75. The number of esters is 1. The second-order valence-corrected chi connectivity index (χ2v) is 8.53. The van der Waals surface area contributed by atoms with E-state index in [0.717, 1.165) is 48.7 Å². The molecule has 0 spiro atoms. The van der Waals surface area contributed by atoms with Gasteiger partial charge in [-0.05, 0) is 56.9 Å². The average molecular weight is 357 g/mol. The Morgan fingerprint density at radius 2 is 2.00 bits per heavy atom. The molecule has 5 rings (SSSR count). The minimum absolute atomic E-state index is 0.138. The van der Waals surface area contributed by atoms with Crippen molar-refractivity contribution < 1.29 is 9.53 Å². The number of anilines is 1. The summed E-state index contributed by atoms with van der Waals surface area (Å²) in [4.78, 5) is 27.0. The highest BCUT2D eigenvalue weighted by Crippen LogP contribution is 2.45. The molecular formula is C19H23N3O2S. The van der Waals surface area contributed by atoms with Crippen molar-refractivity contribution in [3.63, 3.8) is 0 Å². The fourth-order valence-corrected chi connectivity index (χ4v) is 5.55. The average Bonchev–Trinajstić information content (AvgIpc) is 3.26. The van der Waals surface area contributed by atoms with E-state index in [-0.39, 0.29) is 12.0 Å². The first kappa shape index (κ1) is 15.6. The number of aryl methyl sites for hydroxylation is 2. The molecule has 2 fully saturated rings. The van der Waals surface area contributed by atoms with Gasteiger partial charge < -0.3 is 9.64 Å². The minimum atomic E-state index is -0.200. The summed E-state index contributed by atoms with van der Waals surface area (Å²) in [6.07, 6.45) is 9.03. The number of ether oxygens (including phenoxy) is 1. The molecule has 2 aromatic heterocycles. The molecule has 2 aromatic rings. The Hall–Kier alpha value is -1.69. The number of nitrogens with zero attached hydrogens (tertiary/aromatic N) is 3. The summed E-state index contributed by atoms with van der Waals surface area (Å²) in [6.45, 7) is 0.876. The molecule has 1 saturated heterocycles. The molecule has 1 saturated carbocycles. The maximum atomic E-state index is 12.3. The van der Waals surface area contributed by atoms with Crippen molar-refractivity contribution in [1.82, 2.24) is 9.97 Å². The first-order chi connectivity index (χ1) is 12.3. The molecule has 1 unspecified atom stereocenters. The Labute approximate surface area is 151 Å². The van der Waals surface area contributed by atoms with Crippen LogP contribution in [0, 0.1) is 0 Å². The lowest BCUT2D eigenvalue weighted by atomic mass is 9.97. The zero-order chi connectivity index (χ0) is 17.0. The Morgan fingerprint density at radius 1 is 1.16 bits per heavy atom. The largest absolute Gasteiger partial charge is 0.467 e. The van der Waals surface area contributed by atoms with Crippen molar-refractivity contribution >= 4 is 33.3 Å². The lowest BCUT2D eigenvalue weighted by Crippen LogP contribution is -2.37. The summed E-state index contributed by atoms with van der Waals surface area (Å²) in [7, 11) is 1.48. The van der Waals surface area contributed by atoms with Crippen LogP contribution in [0.2, 0.25) is 0 Å². The fraction of sp³-hybridized carbons (Fsp3) is 0.632. The van der Waals surface area contributed by atoms with Gasteiger partial charge in [0.1, 0.15) is 22.5 Å². The first-order valence-corrected chi connectivity index (χ1v) is 10.2. The van der Waals surface area contributed by atoms with E-state index in [0.29, 0.717) is 5.92 Å². The second-order valence-electron chi connectivity index (χ2n) is 7.45. The third-order valence-corrected chi connectivity index (χ3v) is 6.94. The fourth-order valence-electron chi connectivity index (χ4n) is 4.29. The van der Waals surface area contributed by atoms with Gasteiger partial charge in [-0.1, -0.05) is 0 Å². The maximum Gasteiger partial charge on any atom is 0.328 e. The van der Waals surface area contributed by atoms with E-state index in [4.69, 9.17) is 14.7 Å². The SMILES string of the molecule is COC(=O)C1CCCN1c1nc(C2CC2)nc2sc3c(c12)CCCC3. The van der Waals surface area contributed by atoms with E-state index in [2.05, 4.69) is 4.90 Å². The van der Waals surface area contributed by atoms with E-state index in [1.807, 2.05) is 11.3 Å². The van der Waals surface area contributed by atoms with Crippen LogP contribution < -0.4 is 4.90 Å². The first-order valence-electron chi connectivity index (χ1n) is 9.43. The molecule has 3 heterocycles. The summed E-state index contributed by atoms with van der Waals surface area (Å²) in [5.74, 6) is 2.36. The van der Waals surface area contributed by atoms with Crippen LogP contribution in [0.15, 0.2) is 0 Å². The lowest BCUT2D eigenvalue weighted by Gasteiger charge is -2.25. The quantitative estimate of drug-likeness (QED) is 0.786. The highest BCUT2D eigenvalue weighted by atomic mass is 32.1. The van der Waals surface area contributed by atoms with E-state index in [1.54, 1.807) is 0 Å². The highest BCUT2D eigenvalue weighted by molar-refractivity contribution is 7.19. The number of hydrogen-bond donors (Lipinski definition) is 0. The number of thiophene rings is 1. The standard InChI is InChI=1S/C19H23N3O2S/c1-24-19(23)13-6-4-10-22(13)17-15-12-5-2-3-7-14(12)25-18(15)21-16(20-17)11-8-9-11/h11,13H,2-10H2,1H3. The molecule has 1 atom stereocenters. The molecule has 1 aliphatic heterocycles. The molecular weight excluding hydrogens is 334 g/mol. The molecule has 0 bridgehead atoms. The summed E-state index contributed by atoms with van der Waals surface area (Å²) in [5.41, 5.74) is 1.44. The molecule has 0 N–H and O–H groups in total. The van der Waals surface area contributed by atoms with Crippen molar-refractivity contribution in [1.29, 1.82) is 0 Å². The number of carbonyl (C=O) groups is 1. The van der Waals surface area contributed by atoms with Crippen LogP contribution in [0.1, 0.15) is 60.7 Å². The van der Waals surface area contributed by atoms with E-state index in [1.165, 1.54) is 48.6 Å². The molecule has 0 radical (unpaired) electrons. The van der Waals surface area contributed by atoms with Crippen molar-refractivity contribution in [3.8, 4) is 0 Å². The van der Waals surface area contributed by atoms with Crippen LogP contribution in [0.3, 0.4) is 0 Å². The Bertz CT molecular complexity index is 843. The van der Waals surface area contributed by atoms with Gasteiger partial charge in [0.05, 0.1) is 12.5 Å². The summed E-state index contributed by atoms with van der Waals surface area (Å²) in [6, 6.07) is -0.200. The van der Waals surface area contributed by atoms with Gasteiger partial charge in [-0.2, -0.15) is 0 Å². The normalized spacial score (nSPS) is 23.1. The predicted molar refractivity (Wildman–Crippen MR) is 98.4 cm³/mol. The van der Waals surface area contributed by atoms with Gasteiger partial charge in [-0.15, -0.1) is 11.3 Å². The van der Waals surface area contributed by atoms with Crippen LogP contribution in [0.5, 0.6) is 0 Å². The highest BCUT2D eigenvalue weighted by Gasteiger charge is 2.36. The lowest BCUT2D eigenvalue weighted by molar-refractivity contribution is -0.141. The third kappa shape index (κ3) is 2.53. The van der Waals surface area contributed by atoms with Crippen LogP contribution in [-0.4, -0.2) is 35.6 Å². The van der Waals surface area contributed by atoms with Gasteiger partial charge in [0.2, 0.25) is 0 Å². The van der Waals surface area contributed by atoms with Crippen LogP contribution >= 0.6 is 11.3 Å². The zero-order valence-electron chi connectivity index (χ0n) is 14.6. The van der Waals surface area contributed by atoms with Crippen LogP contribution in [-0.2, 0) is 22.4 Å². The number of rotatable bonds is 3. The van der Waals surface area contributed by atoms with Crippen molar-refractivity contribution in [2.45, 2.75) is 63.3 Å². The monoisotopic (exact) mass is 357 g/mol. The van der Waals surface area contributed by atoms with E-state index >= 15 is 0 Å². The molecule has 3 aliphatic rings.